The van der Waals surface area contributed by atoms with Gasteiger partial charge in [-0.1, -0.05) is 6.42 Å². The Morgan fingerprint density at radius 1 is 1.20 bits per heavy atom. The van der Waals surface area contributed by atoms with Crippen molar-refractivity contribution < 1.29 is 9.59 Å². The number of nitrogens with one attached hydrogen (secondary N) is 2. The summed E-state index contributed by atoms with van der Waals surface area (Å²) in [5, 5.41) is 4.30. The van der Waals surface area contributed by atoms with E-state index in [4.69, 9.17) is 0 Å². The standard InChI is InChI=1S/C18H24N4O2S/c1-11-14(12(2)22(3)21-11)10-17(23)19-20-18(24)16-9-13-7-5-4-6-8-15(13)25-16/h9H,4-8,10H2,1-3H3,(H,19,23)(H,20,24). The smallest absolute Gasteiger partial charge is 0.273 e. The van der Waals surface area contributed by atoms with Crippen molar-refractivity contribution in [2.75, 3.05) is 0 Å². The number of aryl methyl sites for hydroxylation is 4. The van der Waals surface area contributed by atoms with Crippen LogP contribution in [0.2, 0.25) is 0 Å². The van der Waals surface area contributed by atoms with Gasteiger partial charge in [0.05, 0.1) is 17.0 Å². The zero-order valence-corrected chi connectivity index (χ0v) is 15.8. The summed E-state index contributed by atoms with van der Waals surface area (Å²) >= 11 is 1.54. The molecule has 0 fully saturated rings. The van der Waals surface area contributed by atoms with Crippen LogP contribution in [0.15, 0.2) is 6.07 Å². The molecule has 1 aliphatic rings. The fourth-order valence-electron chi connectivity index (χ4n) is 3.25. The highest BCUT2D eigenvalue weighted by molar-refractivity contribution is 7.14. The molecule has 0 aliphatic heterocycles. The van der Waals surface area contributed by atoms with Crippen LogP contribution in [-0.4, -0.2) is 21.6 Å². The second-order valence-electron chi connectivity index (χ2n) is 6.57. The Bertz CT molecular complexity index is 783. The number of hydrogen-bond donors (Lipinski definition) is 2. The molecule has 2 N–H and O–H groups in total. The van der Waals surface area contributed by atoms with E-state index in [1.54, 1.807) is 16.0 Å². The molecule has 2 aromatic heterocycles. The number of thiophene rings is 1. The van der Waals surface area contributed by atoms with Gasteiger partial charge in [0, 0.05) is 23.2 Å². The Hall–Kier alpha value is -2.15. The summed E-state index contributed by atoms with van der Waals surface area (Å²) in [5.74, 6) is -0.489. The van der Waals surface area contributed by atoms with Crippen molar-refractivity contribution in [1.29, 1.82) is 0 Å². The topological polar surface area (TPSA) is 76.0 Å². The number of hydrazine groups is 1. The molecule has 2 amide bonds. The van der Waals surface area contributed by atoms with Gasteiger partial charge in [0.15, 0.2) is 0 Å². The first-order valence-corrected chi connectivity index (χ1v) is 9.47. The summed E-state index contributed by atoms with van der Waals surface area (Å²) in [7, 11) is 1.85. The first kappa shape index (κ1) is 17.7. The maximum Gasteiger partial charge on any atom is 0.279 e. The molecule has 25 heavy (non-hydrogen) atoms. The number of fused-ring (bicyclic) bond motifs is 1. The van der Waals surface area contributed by atoms with E-state index in [1.807, 2.05) is 27.0 Å². The molecule has 0 saturated carbocycles. The van der Waals surface area contributed by atoms with Crippen LogP contribution < -0.4 is 10.9 Å². The van der Waals surface area contributed by atoms with Crippen LogP contribution in [0.5, 0.6) is 0 Å². The minimum Gasteiger partial charge on any atom is -0.273 e. The van der Waals surface area contributed by atoms with E-state index in [9.17, 15) is 9.59 Å². The van der Waals surface area contributed by atoms with E-state index in [0.717, 1.165) is 29.8 Å². The maximum absolute atomic E-state index is 12.3. The van der Waals surface area contributed by atoms with E-state index >= 15 is 0 Å². The lowest BCUT2D eigenvalue weighted by Gasteiger charge is -2.06. The van der Waals surface area contributed by atoms with Crippen LogP contribution in [0.4, 0.5) is 0 Å². The first-order chi connectivity index (χ1) is 12.0. The summed E-state index contributed by atoms with van der Waals surface area (Å²) in [4.78, 5) is 26.4. The zero-order valence-electron chi connectivity index (χ0n) is 14.9. The number of carbonyl (C=O) groups excluding carboxylic acids is 2. The van der Waals surface area contributed by atoms with Gasteiger partial charge in [-0.2, -0.15) is 5.10 Å². The molecule has 0 spiro atoms. The minimum atomic E-state index is -0.245. The van der Waals surface area contributed by atoms with Crippen molar-refractivity contribution in [3.8, 4) is 0 Å². The maximum atomic E-state index is 12.3. The lowest BCUT2D eigenvalue weighted by Crippen LogP contribution is -2.42. The Morgan fingerprint density at radius 3 is 2.68 bits per heavy atom. The Kier molecular flexibility index (Phi) is 5.22. The van der Waals surface area contributed by atoms with Crippen molar-refractivity contribution >= 4 is 23.2 Å². The zero-order chi connectivity index (χ0) is 18.0. The highest BCUT2D eigenvalue weighted by Crippen LogP contribution is 2.28. The third-order valence-electron chi connectivity index (χ3n) is 4.78. The summed E-state index contributed by atoms with van der Waals surface area (Å²) in [6.45, 7) is 3.81. The Balaban J connectivity index is 1.58. The quantitative estimate of drug-likeness (QED) is 0.652. The monoisotopic (exact) mass is 360 g/mol. The van der Waals surface area contributed by atoms with Gasteiger partial charge < -0.3 is 0 Å². The average Bonchev–Trinajstić information content (AvgIpc) is 2.99. The highest BCUT2D eigenvalue weighted by Gasteiger charge is 2.18. The predicted octanol–water partition coefficient (Wildman–Crippen LogP) is 2.37. The van der Waals surface area contributed by atoms with E-state index in [2.05, 4.69) is 16.0 Å². The molecule has 2 aromatic rings. The normalized spacial score (nSPS) is 13.9. The molecule has 6 nitrogen and oxygen atoms in total. The number of rotatable bonds is 3. The van der Waals surface area contributed by atoms with E-state index < -0.39 is 0 Å². The van der Waals surface area contributed by atoms with Gasteiger partial charge in [-0.25, -0.2) is 0 Å². The summed E-state index contributed by atoms with van der Waals surface area (Å²) < 4.78 is 1.76. The largest absolute Gasteiger partial charge is 0.279 e. The number of hydrogen-bond acceptors (Lipinski definition) is 4. The van der Waals surface area contributed by atoms with Crippen LogP contribution in [0.1, 0.15) is 56.3 Å². The van der Waals surface area contributed by atoms with Crippen molar-refractivity contribution in [3.63, 3.8) is 0 Å². The molecule has 0 bridgehead atoms. The van der Waals surface area contributed by atoms with Gasteiger partial charge in [-0.15, -0.1) is 11.3 Å². The van der Waals surface area contributed by atoms with Gasteiger partial charge in [0.1, 0.15) is 0 Å². The van der Waals surface area contributed by atoms with Gasteiger partial charge in [0.2, 0.25) is 5.91 Å². The van der Waals surface area contributed by atoms with E-state index in [0.29, 0.717) is 4.88 Å². The first-order valence-electron chi connectivity index (χ1n) is 8.65. The summed E-state index contributed by atoms with van der Waals surface area (Å²) in [6.07, 6.45) is 5.93. The van der Waals surface area contributed by atoms with Gasteiger partial charge in [0.25, 0.3) is 5.91 Å². The van der Waals surface area contributed by atoms with Crippen molar-refractivity contribution in [1.82, 2.24) is 20.6 Å². The van der Waals surface area contributed by atoms with Crippen LogP contribution in [-0.2, 0) is 31.1 Å². The van der Waals surface area contributed by atoms with Crippen molar-refractivity contribution in [3.05, 3.63) is 38.3 Å². The molecular formula is C18H24N4O2S. The van der Waals surface area contributed by atoms with Crippen molar-refractivity contribution in [2.45, 2.75) is 52.4 Å². The van der Waals surface area contributed by atoms with Gasteiger partial charge >= 0.3 is 0 Å². The SMILES string of the molecule is Cc1nn(C)c(C)c1CC(=O)NNC(=O)c1cc2c(s1)CCCCC2. The molecule has 0 atom stereocenters. The van der Waals surface area contributed by atoms with Crippen LogP contribution >= 0.6 is 11.3 Å². The lowest BCUT2D eigenvalue weighted by molar-refractivity contribution is -0.121. The van der Waals surface area contributed by atoms with Crippen LogP contribution in [0.25, 0.3) is 0 Å². The molecule has 0 unspecified atom stereocenters. The molecule has 0 saturated heterocycles. The fraction of sp³-hybridized carbons (Fsp3) is 0.500. The second kappa shape index (κ2) is 7.39. The van der Waals surface area contributed by atoms with Crippen LogP contribution in [0.3, 0.4) is 0 Å². The molecule has 3 rings (SSSR count). The van der Waals surface area contributed by atoms with Gasteiger partial charge in [-0.3, -0.25) is 25.1 Å². The molecule has 0 radical (unpaired) electrons. The number of nitrogens with zero attached hydrogens (tertiary/aromatic N) is 2. The molecule has 2 heterocycles. The number of amides is 2. The molecular weight excluding hydrogens is 336 g/mol. The average molecular weight is 360 g/mol. The highest BCUT2D eigenvalue weighted by atomic mass is 32.1. The molecule has 134 valence electrons. The van der Waals surface area contributed by atoms with Crippen molar-refractivity contribution in [2.24, 2.45) is 7.05 Å². The van der Waals surface area contributed by atoms with E-state index in [-0.39, 0.29) is 18.2 Å². The molecule has 0 aromatic carbocycles. The minimum absolute atomic E-state index is 0.201. The Labute approximate surface area is 151 Å². The molecule has 1 aliphatic carbocycles. The second-order valence-corrected chi connectivity index (χ2v) is 7.71. The summed E-state index contributed by atoms with van der Waals surface area (Å²) in [5.41, 5.74) is 9.04. The summed E-state index contributed by atoms with van der Waals surface area (Å²) in [6, 6.07) is 1.97. The van der Waals surface area contributed by atoms with Crippen LogP contribution in [0, 0.1) is 13.8 Å². The molecule has 7 heteroatoms. The third-order valence-corrected chi connectivity index (χ3v) is 6.02. The number of carbonyl (C=O) groups is 2. The van der Waals surface area contributed by atoms with E-state index in [1.165, 1.54) is 29.7 Å². The number of aromatic nitrogens is 2. The van der Waals surface area contributed by atoms with Gasteiger partial charge in [-0.05, 0) is 51.2 Å². The lowest BCUT2D eigenvalue weighted by atomic mass is 10.1. The Morgan fingerprint density at radius 2 is 1.96 bits per heavy atom. The fourth-order valence-corrected chi connectivity index (χ4v) is 4.39. The predicted molar refractivity (Wildman–Crippen MR) is 97.6 cm³/mol. The third kappa shape index (κ3) is 3.92.